The Labute approximate surface area is 102 Å². The van der Waals surface area contributed by atoms with E-state index in [4.69, 9.17) is 9.47 Å². The molecule has 1 aromatic rings. The number of hydrogen-bond acceptors (Lipinski definition) is 3. The molecule has 0 aromatic heterocycles. The van der Waals surface area contributed by atoms with Gasteiger partial charge in [-0.05, 0) is 25.2 Å². The number of fused-ring (bicyclic) bond motifs is 4. The summed E-state index contributed by atoms with van der Waals surface area (Å²) in [5.74, 6) is 0.433. The van der Waals surface area contributed by atoms with Gasteiger partial charge in [-0.1, -0.05) is 24.3 Å². The topological polar surface area (TPSA) is 21.7 Å². The molecular weight excluding hydrogens is 214 g/mol. The molecule has 2 bridgehead atoms. The fraction of sp³-hybridized carbons (Fsp3) is 0.571. The van der Waals surface area contributed by atoms with Gasteiger partial charge < -0.3 is 14.4 Å². The third kappa shape index (κ3) is 2.10. The SMILES string of the molecule is CN(C)C[C@H]1CO[C@@H]2Cc3ccccc3[C@H]1O2. The van der Waals surface area contributed by atoms with E-state index in [0.717, 1.165) is 19.6 Å². The number of rotatable bonds is 2. The third-order valence-electron chi connectivity index (χ3n) is 3.57. The molecule has 0 amide bonds. The van der Waals surface area contributed by atoms with Crippen molar-refractivity contribution in [3.05, 3.63) is 35.4 Å². The van der Waals surface area contributed by atoms with E-state index in [9.17, 15) is 0 Å². The third-order valence-corrected chi connectivity index (χ3v) is 3.57. The van der Waals surface area contributed by atoms with Crippen molar-refractivity contribution in [2.75, 3.05) is 27.2 Å². The van der Waals surface area contributed by atoms with Crippen LogP contribution in [-0.4, -0.2) is 38.4 Å². The second kappa shape index (κ2) is 4.41. The summed E-state index contributed by atoms with van der Waals surface area (Å²) in [6.45, 7) is 1.81. The van der Waals surface area contributed by atoms with Gasteiger partial charge in [0.1, 0.15) is 0 Å². The lowest BCUT2D eigenvalue weighted by Crippen LogP contribution is -2.43. The van der Waals surface area contributed by atoms with E-state index in [0.29, 0.717) is 5.92 Å². The maximum Gasteiger partial charge on any atom is 0.162 e. The molecule has 2 aliphatic rings. The fourth-order valence-corrected chi connectivity index (χ4v) is 2.86. The van der Waals surface area contributed by atoms with Crippen LogP contribution in [0.3, 0.4) is 0 Å². The standard InChI is InChI=1S/C14H19NO2/c1-15(2)8-11-9-16-13-7-10-5-3-4-6-12(10)14(11)17-13/h3-6,11,13-14H,7-9H2,1-2H3/t11-,13-,14-/m0/s1. The molecule has 1 saturated heterocycles. The van der Waals surface area contributed by atoms with Crippen LogP contribution in [0.2, 0.25) is 0 Å². The van der Waals surface area contributed by atoms with Crippen molar-refractivity contribution >= 4 is 0 Å². The van der Waals surface area contributed by atoms with Crippen molar-refractivity contribution in [3.63, 3.8) is 0 Å². The Balaban J connectivity index is 1.90. The summed E-state index contributed by atoms with van der Waals surface area (Å²) in [5, 5.41) is 0. The summed E-state index contributed by atoms with van der Waals surface area (Å²) in [4.78, 5) is 2.20. The van der Waals surface area contributed by atoms with Crippen LogP contribution < -0.4 is 0 Å². The summed E-state index contributed by atoms with van der Waals surface area (Å²) in [7, 11) is 4.20. The minimum Gasteiger partial charge on any atom is -0.352 e. The lowest BCUT2D eigenvalue weighted by Gasteiger charge is -2.42. The Bertz CT molecular complexity index is 405. The van der Waals surface area contributed by atoms with E-state index in [1.807, 2.05) is 0 Å². The summed E-state index contributed by atoms with van der Waals surface area (Å²) in [5.41, 5.74) is 2.75. The zero-order valence-electron chi connectivity index (χ0n) is 10.4. The van der Waals surface area contributed by atoms with E-state index >= 15 is 0 Å². The van der Waals surface area contributed by atoms with Gasteiger partial charge in [0.25, 0.3) is 0 Å². The first kappa shape index (κ1) is 11.2. The molecule has 0 radical (unpaired) electrons. The highest BCUT2D eigenvalue weighted by atomic mass is 16.7. The predicted molar refractivity (Wildman–Crippen MR) is 65.8 cm³/mol. The Hall–Kier alpha value is -0.900. The van der Waals surface area contributed by atoms with E-state index in [1.165, 1.54) is 11.1 Å². The molecule has 0 N–H and O–H groups in total. The fourth-order valence-electron chi connectivity index (χ4n) is 2.86. The lowest BCUT2D eigenvalue weighted by atomic mass is 9.87. The predicted octanol–water partition coefficient (Wildman–Crippen LogP) is 1.83. The monoisotopic (exact) mass is 233 g/mol. The summed E-state index contributed by atoms with van der Waals surface area (Å²) < 4.78 is 11.8. The van der Waals surface area contributed by atoms with Gasteiger partial charge >= 0.3 is 0 Å². The highest BCUT2D eigenvalue weighted by Crippen LogP contribution is 2.39. The molecule has 0 spiro atoms. The van der Waals surface area contributed by atoms with Gasteiger partial charge in [-0.3, -0.25) is 0 Å². The Morgan fingerprint density at radius 3 is 2.94 bits per heavy atom. The highest BCUT2D eigenvalue weighted by Gasteiger charge is 2.38. The first-order chi connectivity index (χ1) is 8.24. The molecule has 2 aliphatic heterocycles. The molecule has 1 fully saturated rings. The summed E-state index contributed by atoms with van der Waals surface area (Å²) in [6.07, 6.45) is 1.07. The summed E-state index contributed by atoms with van der Waals surface area (Å²) >= 11 is 0. The van der Waals surface area contributed by atoms with Crippen molar-refractivity contribution in [3.8, 4) is 0 Å². The van der Waals surface area contributed by atoms with Crippen molar-refractivity contribution in [1.29, 1.82) is 0 Å². The van der Waals surface area contributed by atoms with Crippen molar-refractivity contribution < 1.29 is 9.47 Å². The van der Waals surface area contributed by atoms with Crippen molar-refractivity contribution in [1.82, 2.24) is 4.90 Å². The average Bonchev–Trinajstić information content (AvgIpc) is 2.32. The zero-order valence-corrected chi connectivity index (χ0v) is 10.4. The number of ether oxygens (including phenoxy) is 2. The maximum atomic E-state index is 6.01. The van der Waals surface area contributed by atoms with Gasteiger partial charge in [0.05, 0.1) is 12.7 Å². The quantitative estimate of drug-likeness (QED) is 0.778. The molecule has 3 atom stereocenters. The second-order valence-corrected chi connectivity index (χ2v) is 5.24. The first-order valence-electron chi connectivity index (χ1n) is 6.23. The number of nitrogens with zero attached hydrogens (tertiary/aromatic N) is 1. The molecule has 2 heterocycles. The summed E-state index contributed by atoms with van der Waals surface area (Å²) in [6, 6.07) is 8.59. The van der Waals surface area contributed by atoms with Gasteiger partial charge in [0.15, 0.2) is 6.29 Å². The molecule has 0 saturated carbocycles. The van der Waals surface area contributed by atoms with Crippen LogP contribution in [0.4, 0.5) is 0 Å². The van der Waals surface area contributed by atoms with E-state index in [2.05, 4.69) is 43.3 Å². The molecule has 17 heavy (non-hydrogen) atoms. The van der Waals surface area contributed by atoms with Gasteiger partial charge in [0, 0.05) is 18.9 Å². The molecule has 3 rings (SSSR count). The molecule has 3 heteroatoms. The zero-order chi connectivity index (χ0) is 11.8. The number of benzene rings is 1. The Morgan fingerprint density at radius 2 is 2.12 bits per heavy atom. The van der Waals surface area contributed by atoms with Crippen LogP contribution in [0.5, 0.6) is 0 Å². The van der Waals surface area contributed by atoms with Crippen LogP contribution in [0.25, 0.3) is 0 Å². The Kier molecular flexibility index (Phi) is 2.90. The smallest absolute Gasteiger partial charge is 0.162 e. The molecule has 3 nitrogen and oxygen atoms in total. The van der Waals surface area contributed by atoms with Crippen molar-refractivity contribution in [2.45, 2.75) is 18.8 Å². The second-order valence-electron chi connectivity index (χ2n) is 5.24. The van der Waals surface area contributed by atoms with Gasteiger partial charge in [0.2, 0.25) is 0 Å². The van der Waals surface area contributed by atoms with Crippen LogP contribution >= 0.6 is 0 Å². The van der Waals surface area contributed by atoms with Crippen LogP contribution in [0.1, 0.15) is 17.2 Å². The molecule has 1 aromatic carbocycles. The van der Waals surface area contributed by atoms with E-state index in [1.54, 1.807) is 0 Å². The molecular formula is C14H19NO2. The van der Waals surface area contributed by atoms with Gasteiger partial charge in [-0.15, -0.1) is 0 Å². The first-order valence-corrected chi connectivity index (χ1v) is 6.23. The van der Waals surface area contributed by atoms with Gasteiger partial charge in [-0.2, -0.15) is 0 Å². The van der Waals surface area contributed by atoms with Crippen LogP contribution in [0, 0.1) is 5.92 Å². The van der Waals surface area contributed by atoms with Crippen molar-refractivity contribution in [2.24, 2.45) is 5.92 Å². The maximum absolute atomic E-state index is 6.01. The van der Waals surface area contributed by atoms with E-state index in [-0.39, 0.29) is 12.4 Å². The number of hydrogen-bond donors (Lipinski definition) is 0. The minimum absolute atomic E-state index is 0.0340. The normalized spacial score (nSPS) is 31.4. The van der Waals surface area contributed by atoms with Crippen LogP contribution in [0.15, 0.2) is 24.3 Å². The largest absolute Gasteiger partial charge is 0.352 e. The highest BCUT2D eigenvalue weighted by molar-refractivity contribution is 5.32. The van der Waals surface area contributed by atoms with E-state index < -0.39 is 0 Å². The molecule has 92 valence electrons. The lowest BCUT2D eigenvalue weighted by molar-refractivity contribution is -0.247. The van der Waals surface area contributed by atoms with Crippen LogP contribution in [-0.2, 0) is 15.9 Å². The minimum atomic E-state index is -0.0340. The molecule has 0 aliphatic carbocycles. The van der Waals surface area contributed by atoms with Gasteiger partial charge in [-0.25, -0.2) is 0 Å². The molecule has 0 unspecified atom stereocenters. The Morgan fingerprint density at radius 1 is 1.29 bits per heavy atom. The average molecular weight is 233 g/mol.